The number of anilines is 1. The van der Waals surface area contributed by atoms with E-state index < -0.39 is 0 Å². The predicted molar refractivity (Wildman–Crippen MR) is 67.9 cm³/mol. The highest BCUT2D eigenvalue weighted by Crippen LogP contribution is 2.16. The van der Waals surface area contributed by atoms with Gasteiger partial charge in [-0.3, -0.25) is 0 Å². The maximum atomic E-state index is 13.5. The second-order valence-corrected chi connectivity index (χ2v) is 4.37. The molecule has 0 saturated heterocycles. The molecule has 2 aromatic carbocycles. The van der Waals surface area contributed by atoms with E-state index in [2.05, 4.69) is 21.2 Å². The normalized spacial score (nSPS) is 10.1. The Kier molecular flexibility index (Phi) is 3.57. The van der Waals surface area contributed by atoms with Crippen LogP contribution in [0.25, 0.3) is 0 Å². The molecular weight excluding hydrogens is 269 g/mol. The fraction of sp³-hybridized carbons (Fsp3) is 0.0769. The lowest BCUT2D eigenvalue weighted by molar-refractivity contribution is 0.612. The zero-order valence-electron chi connectivity index (χ0n) is 8.58. The molecule has 16 heavy (non-hydrogen) atoms. The number of hydrogen-bond donors (Lipinski definition) is 1. The fourth-order valence-corrected chi connectivity index (χ4v) is 1.75. The summed E-state index contributed by atoms with van der Waals surface area (Å²) in [6, 6.07) is 14.8. The molecule has 0 amide bonds. The first kappa shape index (κ1) is 11.1. The van der Waals surface area contributed by atoms with E-state index in [1.54, 1.807) is 6.07 Å². The van der Waals surface area contributed by atoms with Crippen molar-refractivity contribution in [1.82, 2.24) is 0 Å². The Bertz CT molecular complexity index is 471. The summed E-state index contributed by atoms with van der Waals surface area (Å²) in [4.78, 5) is 0. The molecule has 1 nitrogen and oxygen atoms in total. The molecule has 3 heteroatoms. The van der Waals surface area contributed by atoms with Gasteiger partial charge in [0.25, 0.3) is 0 Å². The Balaban J connectivity index is 2.05. The van der Waals surface area contributed by atoms with Crippen molar-refractivity contribution in [3.63, 3.8) is 0 Å². The molecule has 2 aromatic rings. The molecule has 1 N–H and O–H groups in total. The van der Waals surface area contributed by atoms with Crippen LogP contribution in [-0.2, 0) is 6.54 Å². The molecule has 0 spiro atoms. The Morgan fingerprint density at radius 2 is 1.81 bits per heavy atom. The number of hydrogen-bond acceptors (Lipinski definition) is 1. The van der Waals surface area contributed by atoms with E-state index in [0.717, 1.165) is 10.2 Å². The van der Waals surface area contributed by atoms with Crippen LogP contribution in [0.15, 0.2) is 53.0 Å². The summed E-state index contributed by atoms with van der Waals surface area (Å²) in [6.45, 7) is 0.489. The second-order valence-electron chi connectivity index (χ2n) is 3.46. The van der Waals surface area contributed by atoms with Crippen molar-refractivity contribution < 1.29 is 4.39 Å². The van der Waals surface area contributed by atoms with Crippen LogP contribution in [0.1, 0.15) is 5.56 Å². The van der Waals surface area contributed by atoms with Gasteiger partial charge < -0.3 is 5.32 Å². The van der Waals surface area contributed by atoms with Crippen molar-refractivity contribution >= 4 is 21.6 Å². The standard InChI is InChI=1S/C13H11BrFN/c14-11-7-6-10(13(15)8-11)9-16-12-4-2-1-3-5-12/h1-8,16H,9H2. The third-order valence-electron chi connectivity index (χ3n) is 2.27. The van der Waals surface area contributed by atoms with E-state index in [-0.39, 0.29) is 5.82 Å². The van der Waals surface area contributed by atoms with E-state index in [0.29, 0.717) is 12.1 Å². The van der Waals surface area contributed by atoms with Crippen molar-refractivity contribution in [2.45, 2.75) is 6.54 Å². The molecule has 0 atom stereocenters. The van der Waals surface area contributed by atoms with Crippen LogP contribution in [0.3, 0.4) is 0 Å². The maximum Gasteiger partial charge on any atom is 0.129 e. The minimum Gasteiger partial charge on any atom is -0.381 e. The summed E-state index contributed by atoms with van der Waals surface area (Å²) in [6.07, 6.45) is 0. The zero-order chi connectivity index (χ0) is 11.4. The molecule has 0 aliphatic heterocycles. The third kappa shape index (κ3) is 2.83. The summed E-state index contributed by atoms with van der Waals surface area (Å²) in [5.41, 5.74) is 1.65. The number of nitrogens with one attached hydrogen (secondary N) is 1. The second kappa shape index (κ2) is 5.12. The van der Waals surface area contributed by atoms with E-state index in [4.69, 9.17) is 0 Å². The minimum absolute atomic E-state index is 0.196. The first-order valence-corrected chi connectivity index (χ1v) is 5.78. The first-order chi connectivity index (χ1) is 7.75. The topological polar surface area (TPSA) is 12.0 Å². The zero-order valence-corrected chi connectivity index (χ0v) is 10.2. The van der Waals surface area contributed by atoms with Crippen molar-refractivity contribution in [2.24, 2.45) is 0 Å². The summed E-state index contributed by atoms with van der Waals surface area (Å²) in [7, 11) is 0. The van der Waals surface area contributed by atoms with Gasteiger partial charge in [-0.25, -0.2) is 4.39 Å². The molecule has 0 fully saturated rings. The molecule has 0 saturated carbocycles. The van der Waals surface area contributed by atoms with Crippen LogP contribution in [-0.4, -0.2) is 0 Å². The first-order valence-electron chi connectivity index (χ1n) is 4.98. The van der Waals surface area contributed by atoms with Gasteiger partial charge >= 0.3 is 0 Å². The summed E-state index contributed by atoms with van der Waals surface area (Å²) < 4.78 is 14.2. The van der Waals surface area contributed by atoms with Gasteiger partial charge in [0.15, 0.2) is 0 Å². The average molecular weight is 280 g/mol. The van der Waals surface area contributed by atoms with E-state index in [9.17, 15) is 4.39 Å². The van der Waals surface area contributed by atoms with Crippen LogP contribution in [0.5, 0.6) is 0 Å². The van der Waals surface area contributed by atoms with Crippen molar-refractivity contribution in [3.8, 4) is 0 Å². The Labute approximate surface area is 102 Å². The number of para-hydroxylation sites is 1. The Morgan fingerprint density at radius 1 is 1.06 bits per heavy atom. The van der Waals surface area contributed by atoms with Gasteiger partial charge in [-0.15, -0.1) is 0 Å². The van der Waals surface area contributed by atoms with Gasteiger partial charge in [0.2, 0.25) is 0 Å². The molecule has 0 heterocycles. The highest BCUT2D eigenvalue weighted by Gasteiger charge is 2.01. The van der Waals surface area contributed by atoms with Gasteiger partial charge in [-0.1, -0.05) is 40.2 Å². The predicted octanol–water partition coefficient (Wildman–Crippen LogP) is 4.20. The van der Waals surface area contributed by atoms with Crippen molar-refractivity contribution in [1.29, 1.82) is 0 Å². The minimum atomic E-state index is -0.196. The molecule has 0 aliphatic carbocycles. The van der Waals surface area contributed by atoms with Crippen LogP contribution < -0.4 is 5.32 Å². The average Bonchev–Trinajstić information content (AvgIpc) is 2.29. The maximum absolute atomic E-state index is 13.5. The number of rotatable bonds is 3. The third-order valence-corrected chi connectivity index (χ3v) is 2.77. The SMILES string of the molecule is Fc1cc(Br)ccc1CNc1ccccc1. The van der Waals surface area contributed by atoms with E-state index >= 15 is 0 Å². The monoisotopic (exact) mass is 279 g/mol. The summed E-state index contributed by atoms with van der Waals surface area (Å²) in [5.74, 6) is -0.196. The van der Waals surface area contributed by atoms with Crippen LogP contribution >= 0.6 is 15.9 Å². The number of benzene rings is 2. The molecule has 2 rings (SSSR count). The van der Waals surface area contributed by atoms with Gasteiger partial charge in [-0.2, -0.15) is 0 Å². The van der Waals surface area contributed by atoms with Crippen molar-refractivity contribution in [3.05, 3.63) is 64.4 Å². The highest BCUT2D eigenvalue weighted by molar-refractivity contribution is 9.10. The molecule has 0 aromatic heterocycles. The fourth-order valence-electron chi connectivity index (χ4n) is 1.42. The van der Waals surface area contributed by atoms with Crippen LogP contribution in [0, 0.1) is 5.82 Å². The van der Waals surface area contributed by atoms with Crippen molar-refractivity contribution in [2.75, 3.05) is 5.32 Å². The highest BCUT2D eigenvalue weighted by atomic mass is 79.9. The lowest BCUT2D eigenvalue weighted by Gasteiger charge is -2.07. The summed E-state index contributed by atoms with van der Waals surface area (Å²) in [5, 5.41) is 3.17. The van der Waals surface area contributed by atoms with Crippen LogP contribution in [0.4, 0.5) is 10.1 Å². The van der Waals surface area contributed by atoms with Gasteiger partial charge in [0.1, 0.15) is 5.82 Å². The van der Waals surface area contributed by atoms with E-state index in [1.165, 1.54) is 6.07 Å². The summed E-state index contributed by atoms with van der Waals surface area (Å²) >= 11 is 3.23. The lowest BCUT2D eigenvalue weighted by Crippen LogP contribution is -2.01. The molecule has 82 valence electrons. The number of halogens is 2. The molecule has 0 unspecified atom stereocenters. The quantitative estimate of drug-likeness (QED) is 0.888. The smallest absolute Gasteiger partial charge is 0.129 e. The lowest BCUT2D eigenvalue weighted by atomic mass is 10.2. The Hall–Kier alpha value is -1.35. The molecular formula is C13H11BrFN. The molecule has 0 bridgehead atoms. The Morgan fingerprint density at radius 3 is 2.50 bits per heavy atom. The van der Waals surface area contributed by atoms with E-state index in [1.807, 2.05) is 36.4 Å². The van der Waals surface area contributed by atoms with Gasteiger partial charge in [0, 0.05) is 22.3 Å². The largest absolute Gasteiger partial charge is 0.381 e. The van der Waals surface area contributed by atoms with Gasteiger partial charge in [-0.05, 0) is 24.3 Å². The molecule has 0 aliphatic rings. The molecule has 0 radical (unpaired) electrons. The van der Waals surface area contributed by atoms with Gasteiger partial charge in [0.05, 0.1) is 0 Å². The van der Waals surface area contributed by atoms with Crippen LogP contribution in [0.2, 0.25) is 0 Å².